The molecule has 0 saturated carbocycles. The molecule has 0 radical (unpaired) electrons. The van der Waals surface area contributed by atoms with Crippen LogP contribution in [0.1, 0.15) is 60.9 Å². The number of aliphatic imine (C=N–C) groups is 1. The standard InChI is InChI=1S/C30H38N6O4/c1-21(23-13-10-14-24(19-23)26(38)22-11-8-7-9-12-22)27-31-28(35(6)33-27)32-29(36-15-17-39-18-16-36)34(5)20-25(37)40-30(2,3)4/h7-14,19,21H,15-18,20H2,1-6H3/b32-29+. The molecule has 2 heterocycles. The number of nitrogens with zero attached hydrogens (tertiary/aromatic N) is 6. The number of aromatic nitrogens is 3. The lowest BCUT2D eigenvalue weighted by molar-refractivity contribution is -0.155. The number of carbonyl (C=O) groups is 2. The molecule has 3 aromatic rings. The summed E-state index contributed by atoms with van der Waals surface area (Å²) in [5, 5.41) is 4.65. The van der Waals surface area contributed by atoms with Crippen LogP contribution >= 0.6 is 0 Å². The summed E-state index contributed by atoms with van der Waals surface area (Å²) in [5.41, 5.74) is 1.61. The van der Waals surface area contributed by atoms with E-state index < -0.39 is 5.60 Å². The first-order valence-electron chi connectivity index (χ1n) is 13.5. The summed E-state index contributed by atoms with van der Waals surface area (Å²) in [6, 6.07) is 16.8. The lowest BCUT2D eigenvalue weighted by atomic mass is 9.95. The van der Waals surface area contributed by atoms with E-state index >= 15 is 0 Å². The minimum Gasteiger partial charge on any atom is -0.459 e. The second-order valence-electron chi connectivity index (χ2n) is 10.9. The molecule has 0 bridgehead atoms. The van der Waals surface area contributed by atoms with Crippen LogP contribution in [0.2, 0.25) is 0 Å². The molecule has 1 aliphatic rings. The molecule has 2 aromatic carbocycles. The Labute approximate surface area is 235 Å². The number of ketones is 1. The molecule has 1 aromatic heterocycles. The highest BCUT2D eigenvalue weighted by atomic mass is 16.6. The first kappa shape index (κ1) is 28.9. The Morgan fingerprint density at radius 1 is 1.07 bits per heavy atom. The lowest BCUT2D eigenvalue weighted by Crippen LogP contribution is -2.49. The van der Waals surface area contributed by atoms with Crippen molar-refractivity contribution in [2.75, 3.05) is 39.9 Å². The summed E-state index contributed by atoms with van der Waals surface area (Å²) < 4.78 is 12.7. The van der Waals surface area contributed by atoms with Gasteiger partial charge in [0.2, 0.25) is 5.96 Å². The highest BCUT2D eigenvalue weighted by Gasteiger charge is 2.25. The average Bonchev–Trinajstić information content (AvgIpc) is 3.30. The third-order valence-electron chi connectivity index (χ3n) is 6.45. The topological polar surface area (TPSA) is 102 Å². The molecule has 1 fully saturated rings. The van der Waals surface area contributed by atoms with Gasteiger partial charge in [0.1, 0.15) is 12.1 Å². The smallest absolute Gasteiger partial charge is 0.326 e. The largest absolute Gasteiger partial charge is 0.459 e. The van der Waals surface area contributed by atoms with E-state index in [1.54, 1.807) is 16.6 Å². The first-order chi connectivity index (χ1) is 19.0. The van der Waals surface area contributed by atoms with Crippen molar-refractivity contribution in [3.05, 3.63) is 77.1 Å². The van der Waals surface area contributed by atoms with Crippen LogP contribution in [-0.2, 0) is 21.3 Å². The first-order valence-corrected chi connectivity index (χ1v) is 13.5. The lowest BCUT2D eigenvalue weighted by Gasteiger charge is -2.34. The zero-order chi connectivity index (χ0) is 28.9. The molecule has 1 unspecified atom stereocenters. The fraction of sp³-hybridized carbons (Fsp3) is 0.433. The minimum atomic E-state index is -0.578. The molecule has 1 saturated heterocycles. The predicted molar refractivity (Wildman–Crippen MR) is 153 cm³/mol. The third kappa shape index (κ3) is 7.32. The second-order valence-corrected chi connectivity index (χ2v) is 10.9. The van der Waals surface area contributed by atoms with E-state index in [2.05, 4.69) is 10.00 Å². The van der Waals surface area contributed by atoms with Gasteiger partial charge >= 0.3 is 5.97 Å². The van der Waals surface area contributed by atoms with E-state index in [1.807, 2.05) is 89.3 Å². The second kappa shape index (κ2) is 12.4. The Morgan fingerprint density at radius 2 is 1.75 bits per heavy atom. The molecule has 10 nitrogen and oxygen atoms in total. The maximum absolute atomic E-state index is 13.0. The van der Waals surface area contributed by atoms with Crippen molar-refractivity contribution in [2.45, 2.75) is 39.2 Å². The van der Waals surface area contributed by atoms with E-state index in [0.29, 0.717) is 55.2 Å². The van der Waals surface area contributed by atoms with E-state index in [0.717, 1.165) is 5.56 Å². The Hall–Kier alpha value is -4.05. The molecular formula is C30H38N6O4. The number of rotatable bonds is 7. The number of morpholine rings is 1. The average molecular weight is 547 g/mol. The van der Waals surface area contributed by atoms with Gasteiger partial charge in [-0.1, -0.05) is 55.5 Å². The molecule has 212 valence electrons. The van der Waals surface area contributed by atoms with Crippen LogP contribution in [0.15, 0.2) is 59.6 Å². The van der Waals surface area contributed by atoms with Crippen LogP contribution in [0.5, 0.6) is 0 Å². The minimum absolute atomic E-state index is 0.0305. The molecule has 10 heteroatoms. The van der Waals surface area contributed by atoms with Crippen molar-refractivity contribution in [3.8, 4) is 0 Å². The maximum Gasteiger partial charge on any atom is 0.326 e. The van der Waals surface area contributed by atoms with Crippen LogP contribution in [0, 0.1) is 0 Å². The Morgan fingerprint density at radius 3 is 2.42 bits per heavy atom. The monoisotopic (exact) mass is 546 g/mol. The summed E-state index contributed by atoms with van der Waals surface area (Å²) in [6.45, 7) is 9.99. The van der Waals surface area contributed by atoms with Crippen molar-refractivity contribution >= 4 is 23.7 Å². The number of guanidine groups is 1. The number of hydrogen-bond donors (Lipinski definition) is 0. The summed E-state index contributed by atoms with van der Waals surface area (Å²) in [6.07, 6.45) is 0. The SMILES string of the molecule is CC(c1cccc(C(=O)c2ccccc2)c1)c1nc(/N=C(\N(C)CC(=O)OC(C)(C)C)N2CCOCC2)n(C)n1. The van der Waals surface area contributed by atoms with E-state index in [1.165, 1.54) is 0 Å². The molecule has 1 aliphatic heterocycles. The van der Waals surface area contributed by atoms with E-state index in [9.17, 15) is 9.59 Å². The van der Waals surface area contributed by atoms with Crippen molar-refractivity contribution < 1.29 is 19.1 Å². The fourth-order valence-corrected chi connectivity index (χ4v) is 4.42. The van der Waals surface area contributed by atoms with Gasteiger partial charge in [0.05, 0.1) is 13.2 Å². The molecule has 4 rings (SSSR count). The van der Waals surface area contributed by atoms with Gasteiger partial charge in [0.15, 0.2) is 11.6 Å². The maximum atomic E-state index is 13.0. The predicted octanol–water partition coefficient (Wildman–Crippen LogP) is 3.79. The van der Waals surface area contributed by atoms with Crippen molar-refractivity contribution in [1.82, 2.24) is 24.6 Å². The quantitative estimate of drug-likeness (QED) is 0.191. The summed E-state index contributed by atoms with van der Waals surface area (Å²) in [4.78, 5) is 39.0. The number of likely N-dealkylation sites (N-methyl/N-ethyl adjacent to an activating group) is 1. The number of aryl methyl sites for hydroxylation is 1. The molecule has 0 N–H and O–H groups in total. The zero-order valence-corrected chi connectivity index (χ0v) is 24.1. The molecule has 0 aliphatic carbocycles. The number of benzene rings is 2. The van der Waals surface area contributed by atoms with E-state index in [-0.39, 0.29) is 24.2 Å². The molecule has 0 spiro atoms. The summed E-state index contributed by atoms with van der Waals surface area (Å²) in [5.74, 6) is 1.05. The zero-order valence-electron chi connectivity index (χ0n) is 24.1. The van der Waals surface area contributed by atoms with Crippen molar-refractivity contribution in [1.29, 1.82) is 0 Å². The van der Waals surface area contributed by atoms with Crippen molar-refractivity contribution in [3.63, 3.8) is 0 Å². The van der Waals surface area contributed by atoms with Gasteiger partial charge in [-0.25, -0.2) is 4.68 Å². The van der Waals surface area contributed by atoms with Crippen LogP contribution in [0.4, 0.5) is 5.95 Å². The summed E-state index contributed by atoms with van der Waals surface area (Å²) >= 11 is 0. The third-order valence-corrected chi connectivity index (χ3v) is 6.45. The van der Waals surface area contributed by atoms with Gasteiger partial charge in [-0.2, -0.15) is 15.1 Å². The molecule has 40 heavy (non-hydrogen) atoms. The van der Waals surface area contributed by atoms with Gasteiger partial charge in [-0.15, -0.1) is 0 Å². The van der Waals surface area contributed by atoms with Crippen LogP contribution in [0.3, 0.4) is 0 Å². The number of ether oxygens (including phenoxy) is 2. The van der Waals surface area contributed by atoms with Gasteiger partial charge in [-0.3, -0.25) is 9.59 Å². The highest BCUT2D eigenvalue weighted by Crippen LogP contribution is 2.25. The van der Waals surface area contributed by atoms with Crippen molar-refractivity contribution in [2.24, 2.45) is 12.0 Å². The number of carbonyl (C=O) groups excluding carboxylic acids is 2. The van der Waals surface area contributed by atoms with Gasteiger partial charge in [0.25, 0.3) is 5.95 Å². The van der Waals surface area contributed by atoms with Gasteiger partial charge < -0.3 is 19.3 Å². The molecule has 0 amide bonds. The van der Waals surface area contributed by atoms with Crippen LogP contribution < -0.4 is 0 Å². The van der Waals surface area contributed by atoms with E-state index in [4.69, 9.17) is 19.5 Å². The summed E-state index contributed by atoms with van der Waals surface area (Å²) in [7, 11) is 3.61. The number of hydrogen-bond acceptors (Lipinski definition) is 7. The Kier molecular flexibility index (Phi) is 8.99. The molecule has 1 atom stereocenters. The van der Waals surface area contributed by atoms with Crippen LogP contribution in [-0.4, -0.2) is 87.8 Å². The highest BCUT2D eigenvalue weighted by molar-refractivity contribution is 6.09. The molecular weight excluding hydrogens is 508 g/mol. The van der Waals surface area contributed by atoms with Crippen LogP contribution in [0.25, 0.3) is 0 Å². The number of esters is 1. The van der Waals surface area contributed by atoms with Gasteiger partial charge in [-0.05, 0) is 32.4 Å². The Balaban J connectivity index is 1.59. The normalized spacial score (nSPS) is 15.1. The fourth-order valence-electron chi connectivity index (χ4n) is 4.42. The van der Waals surface area contributed by atoms with Gasteiger partial charge in [0, 0.05) is 44.2 Å². The Bertz CT molecular complexity index is 1360.